The highest BCUT2D eigenvalue weighted by atomic mass is 19.4. The second-order valence-corrected chi connectivity index (χ2v) is 10.7. The average molecular weight is 620 g/mol. The van der Waals surface area contributed by atoms with Crippen LogP contribution in [-0.2, 0) is 12.7 Å². The predicted octanol–water partition coefficient (Wildman–Crippen LogP) is 4.35. The highest BCUT2D eigenvalue weighted by molar-refractivity contribution is 6.04. The van der Waals surface area contributed by atoms with Gasteiger partial charge in [0.15, 0.2) is 0 Å². The number of nitrogens with one attached hydrogen (secondary N) is 1. The number of alkyl halides is 3. The van der Waals surface area contributed by atoms with Gasteiger partial charge in [-0.15, -0.1) is 0 Å². The van der Waals surface area contributed by atoms with Crippen molar-refractivity contribution in [1.82, 2.24) is 24.8 Å². The van der Waals surface area contributed by atoms with E-state index in [1.807, 2.05) is 18.9 Å². The number of hydrogen-bond donors (Lipinski definition) is 2. The number of pyridine rings is 1. The van der Waals surface area contributed by atoms with Gasteiger partial charge in [-0.05, 0) is 49.4 Å². The number of methoxy groups -OCH3 is 2. The number of carbonyl (C=O) groups is 1. The van der Waals surface area contributed by atoms with Gasteiger partial charge in [-0.25, -0.2) is 15.0 Å². The molecule has 0 saturated carbocycles. The van der Waals surface area contributed by atoms with Crippen LogP contribution in [0.5, 0.6) is 11.8 Å². The van der Waals surface area contributed by atoms with Crippen LogP contribution >= 0.6 is 0 Å². The molecular weight excluding hydrogens is 587 g/mol. The number of nitrogen functional groups attached to an aromatic ring is 1. The number of fused-ring (bicyclic) bond motifs is 1. The molecule has 1 saturated heterocycles. The second-order valence-electron chi connectivity index (χ2n) is 10.7. The third kappa shape index (κ3) is 7.08. The van der Waals surface area contributed by atoms with Gasteiger partial charge in [0.1, 0.15) is 16.9 Å². The minimum atomic E-state index is -4.58. The zero-order valence-corrected chi connectivity index (χ0v) is 25.2. The Morgan fingerprint density at radius 1 is 1.02 bits per heavy atom. The lowest BCUT2D eigenvalue weighted by Gasteiger charge is -2.33. The summed E-state index contributed by atoms with van der Waals surface area (Å²) in [7, 11) is 4.86. The molecule has 2 aromatic heterocycles. The van der Waals surface area contributed by atoms with Crippen LogP contribution in [0.15, 0.2) is 42.6 Å². The first kappa shape index (κ1) is 31.5. The number of aromatic nitrogens is 3. The summed E-state index contributed by atoms with van der Waals surface area (Å²) in [5.74, 6) is 5.88. The van der Waals surface area contributed by atoms with E-state index in [2.05, 4.69) is 37.0 Å². The lowest BCUT2D eigenvalue weighted by atomic mass is 10.0. The number of amides is 1. The highest BCUT2D eigenvalue weighted by Crippen LogP contribution is 2.35. The molecular formula is C32H32F3N7O3. The summed E-state index contributed by atoms with van der Waals surface area (Å²) in [5, 5.41) is 2.60. The van der Waals surface area contributed by atoms with Gasteiger partial charge < -0.3 is 25.4 Å². The first-order chi connectivity index (χ1) is 21.5. The molecule has 0 atom stereocenters. The van der Waals surface area contributed by atoms with Gasteiger partial charge in [0.05, 0.1) is 31.5 Å². The SMILES string of the molecule is COc1nc2cnc(N)c(C#Cc3cc(C(=O)Nc4ccc(CN5CCN(C)CC5)c(C(F)(F)F)c4)ccc3C)c2nc1OC. The number of ether oxygens (including phenoxy) is 2. The first-order valence-corrected chi connectivity index (χ1v) is 14.1. The number of anilines is 2. The normalized spacial score (nSPS) is 14.1. The maximum Gasteiger partial charge on any atom is 0.416 e. The monoisotopic (exact) mass is 619 g/mol. The topological polar surface area (TPSA) is 119 Å². The van der Waals surface area contributed by atoms with E-state index in [0.717, 1.165) is 24.7 Å². The van der Waals surface area contributed by atoms with Crippen molar-refractivity contribution in [2.75, 3.05) is 58.5 Å². The van der Waals surface area contributed by atoms with Gasteiger partial charge in [0, 0.05) is 49.5 Å². The van der Waals surface area contributed by atoms with Crippen molar-refractivity contribution in [3.63, 3.8) is 0 Å². The van der Waals surface area contributed by atoms with Crippen molar-refractivity contribution in [1.29, 1.82) is 0 Å². The summed E-state index contributed by atoms with van der Waals surface area (Å²) in [6.45, 7) is 4.96. The number of halogens is 3. The van der Waals surface area contributed by atoms with Crippen LogP contribution in [0.25, 0.3) is 11.0 Å². The van der Waals surface area contributed by atoms with Crippen LogP contribution < -0.4 is 20.5 Å². The van der Waals surface area contributed by atoms with Gasteiger partial charge in [0.2, 0.25) is 0 Å². The van der Waals surface area contributed by atoms with E-state index in [4.69, 9.17) is 15.2 Å². The predicted molar refractivity (Wildman–Crippen MR) is 164 cm³/mol. The first-order valence-electron chi connectivity index (χ1n) is 14.1. The fourth-order valence-electron chi connectivity index (χ4n) is 4.93. The molecule has 0 bridgehead atoms. The maximum atomic E-state index is 14.0. The molecule has 1 aliphatic rings. The molecule has 2 aromatic carbocycles. The standard InChI is InChI=1S/C32H32F3N7O3/c1-19-5-6-21(15-20(19)8-10-24-27-26(17-37-28(24)36)39-30(44-3)31(40-27)45-4)29(43)38-23-9-7-22(25(16-23)32(33,34)35)18-42-13-11-41(2)12-14-42/h5-7,9,15-17H,11-14,18H2,1-4H3,(H2,36,37)(H,38,43). The lowest BCUT2D eigenvalue weighted by molar-refractivity contribution is -0.138. The molecule has 1 aliphatic heterocycles. The van der Waals surface area contributed by atoms with Gasteiger partial charge >= 0.3 is 6.18 Å². The lowest BCUT2D eigenvalue weighted by Crippen LogP contribution is -2.44. The fraction of sp³-hybridized carbons (Fsp3) is 0.312. The number of nitrogens with two attached hydrogens (primary N) is 1. The van der Waals surface area contributed by atoms with E-state index in [0.29, 0.717) is 35.2 Å². The Morgan fingerprint density at radius 3 is 2.42 bits per heavy atom. The maximum absolute atomic E-state index is 14.0. The molecule has 4 aromatic rings. The molecule has 13 heteroatoms. The zero-order valence-electron chi connectivity index (χ0n) is 25.2. The van der Waals surface area contributed by atoms with Gasteiger partial charge in [-0.3, -0.25) is 9.69 Å². The Kier molecular flexibility index (Phi) is 9.08. The number of aryl methyl sites for hydroxylation is 1. The summed E-state index contributed by atoms with van der Waals surface area (Å²) in [6, 6.07) is 8.76. The minimum absolute atomic E-state index is 0.0419. The van der Waals surface area contributed by atoms with E-state index in [-0.39, 0.29) is 40.9 Å². The van der Waals surface area contributed by atoms with Crippen molar-refractivity contribution in [3.05, 3.63) is 76.0 Å². The number of carbonyl (C=O) groups excluding carboxylic acids is 1. The van der Waals surface area contributed by atoms with Crippen molar-refractivity contribution in [2.24, 2.45) is 0 Å². The summed E-state index contributed by atoms with van der Waals surface area (Å²) < 4.78 is 52.6. The Morgan fingerprint density at radius 2 is 1.73 bits per heavy atom. The fourth-order valence-corrected chi connectivity index (χ4v) is 4.93. The Hall–Kier alpha value is -4.93. The molecule has 0 aliphatic carbocycles. The molecule has 3 heterocycles. The molecule has 0 spiro atoms. The molecule has 0 unspecified atom stereocenters. The molecule has 234 valence electrons. The van der Waals surface area contributed by atoms with E-state index in [1.54, 1.807) is 18.2 Å². The van der Waals surface area contributed by atoms with E-state index in [9.17, 15) is 18.0 Å². The number of likely N-dealkylation sites (N-methyl/N-ethyl adjacent to an activating group) is 1. The summed E-state index contributed by atoms with van der Waals surface area (Å²) >= 11 is 0. The number of hydrogen-bond acceptors (Lipinski definition) is 9. The summed E-state index contributed by atoms with van der Waals surface area (Å²) in [5.41, 5.74) is 8.12. The van der Waals surface area contributed by atoms with Gasteiger partial charge in [-0.2, -0.15) is 13.2 Å². The van der Waals surface area contributed by atoms with Crippen LogP contribution in [0, 0.1) is 18.8 Å². The van der Waals surface area contributed by atoms with E-state index < -0.39 is 17.6 Å². The number of piperazine rings is 1. The highest BCUT2D eigenvalue weighted by Gasteiger charge is 2.34. The van der Waals surface area contributed by atoms with Crippen molar-refractivity contribution < 1.29 is 27.4 Å². The summed E-state index contributed by atoms with van der Waals surface area (Å²) in [4.78, 5) is 30.3. The number of rotatable bonds is 6. The second kappa shape index (κ2) is 13.0. The molecule has 5 rings (SSSR count). The molecule has 45 heavy (non-hydrogen) atoms. The summed E-state index contributed by atoms with van der Waals surface area (Å²) in [6.07, 6.45) is -3.13. The Balaban J connectivity index is 1.40. The molecule has 0 radical (unpaired) electrons. The van der Waals surface area contributed by atoms with E-state index >= 15 is 0 Å². The smallest absolute Gasteiger partial charge is 0.416 e. The van der Waals surface area contributed by atoms with Crippen LogP contribution in [0.2, 0.25) is 0 Å². The van der Waals surface area contributed by atoms with Gasteiger partial charge in [0.25, 0.3) is 17.7 Å². The van der Waals surface area contributed by atoms with Crippen LogP contribution in [-0.4, -0.2) is 78.1 Å². The van der Waals surface area contributed by atoms with E-state index in [1.165, 1.54) is 32.5 Å². The molecule has 3 N–H and O–H groups in total. The molecule has 1 amide bonds. The van der Waals surface area contributed by atoms with Crippen LogP contribution in [0.1, 0.15) is 38.2 Å². The average Bonchev–Trinajstić information content (AvgIpc) is 3.01. The van der Waals surface area contributed by atoms with Crippen LogP contribution in [0.4, 0.5) is 24.7 Å². The number of benzene rings is 2. The van der Waals surface area contributed by atoms with Crippen LogP contribution in [0.3, 0.4) is 0 Å². The Labute approximate surface area is 258 Å². The van der Waals surface area contributed by atoms with Crippen molar-refractivity contribution in [2.45, 2.75) is 19.6 Å². The molecule has 1 fully saturated rings. The third-order valence-corrected chi connectivity index (χ3v) is 7.55. The third-order valence-electron chi connectivity index (χ3n) is 7.55. The number of nitrogens with zero attached hydrogens (tertiary/aromatic N) is 5. The largest absolute Gasteiger partial charge is 0.477 e. The quantitative estimate of drug-likeness (QED) is 0.304. The van der Waals surface area contributed by atoms with Crippen molar-refractivity contribution in [3.8, 4) is 23.6 Å². The van der Waals surface area contributed by atoms with Crippen molar-refractivity contribution >= 4 is 28.4 Å². The Bertz CT molecular complexity index is 1810. The minimum Gasteiger partial charge on any atom is -0.477 e. The molecule has 10 nitrogen and oxygen atoms in total. The van der Waals surface area contributed by atoms with Gasteiger partial charge in [-0.1, -0.05) is 24.0 Å². The zero-order chi connectivity index (χ0) is 32.3.